The Morgan fingerprint density at radius 2 is 1.90 bits per heavy atom. The van der Waals surface area contributed by atoms with E-state index in [2.05, 4.69) is 5.32 Å². The van der Waals surface area contributed by atoms with Gasteiger partial charge < -0.3 is 14.8 Å². The number of carbonyl (C=O) groups is 1. The molecule has 0 unspecified atom stereocenters. The van der Waals surface area contributed by atoms with Crippen molar-refractivity contribution in [1.29, 1.82) is 0 Å². The first kappa shape index (κ1) is 13.5. The summed E-state index contributed by atoms with van der Waals surface area (Å²) in [5, 5.41) is 2.95. The predicted molar refractivity (Wildman–Crippen MR) is 80.7 cm³/mol. The maximum Gasteiger partial charge on any atom is 0.231 e. The number of hydrogen-bond acceptors (Lipinski definition) is 3. The van der Waals surface area contributed by atoms with E-state index in [-0.39, 0.29) is 18.6 Å². The predicted octanol–water partition coefficient (Wildman–Crippen LogP) is 3.55. The van der Waals surface area contributed by atoms with Crippen molar-refractivity contribution in [2.24, 2.45) is 0 Å². The van der Waals surface area contributed by atoms with Crippen LogP contribution in [-0.4, -0.2) is 12.7 Å². The van der Waals surface area contributed by atoms with Crippen molar-refractivity contribution >= 4 is 11.6 Å². The topological polar surface area (TPSA) is 47.6 Å². The van der Waals surface area contributed by atoms with Gasteiger partial charge in [0.2, 0.25) is 12.7 Å². The summed E-state index contributed by atoms with van der Waals surface area (Å²) in [6.07, 6.45) is 0.750. The monoisotopic (exact) mass is 283 g/mol. The van der Waals surface area contributed by atoms with Gasteiger partial charge in [-0.1, -0.05) is 37.3 Å². The van der Waals surface area contributed by atoms with Crippen molar-refractivity contribution in [2.45, 2.75) is 19.3 Å². The van der Waals surface area contributed by atoms with E-state index in [1.165, 1.54) is 0 Å². The molecule has 0 saturated carbocycles. The smallest absolute Gasteiger partial charge is 0.231 e. The Hall–Kier alpha value is -2.49. The van der Waals surface area contributed by atoms with Crippen molar-refractivity contribution < 1.29 is 14.3 Å². The molecule has 0 spiro atoms. The number of carbonyl (C=O) groups excluding carboxylic acids is 1. The molecule has 4 heteroatoms. The van der Waals surface area contributed by atoms with Crippen LogP contribution in [-0.2, 0) is 4.79 Å². The Balaban J connectivity index is 1.76. The lowest BCUT2D eigenvalue weighted by Crippen LogP contribution is -2.20. The summed E-state index contributed by atoms with van der Waals surface area (Å²) >= 11 is 0. The number of ether oxygens (including phenoxy) is 2. The van der Waals surface area contributed by atoms with E-state index < -0.39 is 0 Å². The van der Waals surface area contributed by atoms with Gasteiger partial charge in [-0.3, -0.25) is 4.79 Å². The fourth-order valence-electron chi connectivity index (χ4n) is 2.46. The first-order valence-electron chi connectivity index (χ1n) is 7.03. The second kappa shape index (κ2) is 5.87. The number of hydrogen-bond donors (Lipinski definition) is 1. The van der Waals surface area contributed by atoms with E-state index in [0.717, 1.165) is 17.7 Å². The number of fused-ring (bicyclic) bond motifs is 1. The summed E-state index contributed by atoms with van der Waals surface area (Å²) in [5.41, 5.74) is 1.75. The van der Waals surface area contributed by atoms with Gasteiger partial charge in [-0.15, -0.1) is 0 Å². The van der Waals surface area contributed by atoms with Crippen LogP contribution in [0.3, 0.4) is 0 Å². The van der Waals surface area contributed by atoms with Gasteiger partial charge in [0.05, 0.1) is 5.92 Å². The van der Waals surface area contributed by atoms with Gasteiger partial charge in [0, 0.05) is 11.8 Å². The molecule has 0 bridgehead atoms. The van der Waals surface area contributed by atoms with E-state index in [4.69, 9.17) is 9.47 Å². The van der Waals surface area contributed by atoms with E-state index in [1.54, 1.807) is 12.1 Å². The molecular weight excluding hydrogens is 266 g/mol. The van der Waals surface area contributed by atoms with Crippen LogP contribution in [0.2, 0.25) is 0 Å². The van der Waals surface area contributed by atoms with Crippen molar-refractivity contribution in [1.82, 2.24) is 0 Å². The summed E-state index contributed by atoms with van der Waals surface area (Å²) in [7, 11) is 0. The van der Waals surface area contributed by atoms with Crippen molar-refractivity contribution in [2.75, 3.05) is 12.1 Å². The summed E-state index contributed by atoms with van der Waals surface area (Å²) in [4.78, 5) is 12.5. The van der Waals surface area contributed by atoms with Crippen LogP contribution in [0.1, 0.15) is 24.8 Å². The zero-order valence-corrected chi connectivity index (χ0v) is 11.8. The minimum absolute atomic E-state index is 0.0115. The SMILES string of the molecule is CC[C@H](C(=O)Nc1ccc2c(c1)OCO2)c1ccccc1. The molecule has 1 atom stereocenters. The molecule has 1 N–H and O–H groups in total. The molecular formula is C17H17NO3. The molecule has 3 rings (SSSR count). The van der Waals surface area contributed by atoms with Gasteiger partial charge in [-0.05, 0) is 24.1 Å². The summed E-state index contributed by atoms with van der Waals surface area (Å²) < 4.78 is 10.6. The highest BCUT2D eigenvalue weighted by Crippen LogP contribution is 2.34. The van der Waals surface area contributed by atoms with E-state index in [9.17, 15) is 4.79 Å². The largest absolute Gasteiger partial charge is 0.454 e. The molecule has 2 aromatic carbocycles. The highest BCUT2D eigenvalue weighted by molar-refractivity contribution is 5.96. The van der Waals surface area contributed by atoms with Gasteiger partial charge in [-0.2, -0.15) is 0 Å². The Kier molecular flexibility index (Phi) is 3.77. The molecule has 1 amide bonds. The fourth-order valence-corrected chi connectivity index (χ4v) is 2.46. The average molecular weight is 283 g/mol. The van der Waals surface area contributed by atoms with Crippen LogP contribution in [0.15, 0.2) is 48.5 Å². The minimum atomic E-state index is -0.156. The third kappa shape index (κ3) is 2.84. The first-order valence-corrected chi connectivity index (χ1v) is 7.03. The van der Waals surface area contributed by atoms with E-state index in [0.29, 0.717) is 11.5 Å². The highest BCUT2D eigenvalue weighted by Gasteiger charge is 2.20. The van der Waals surface area contributed by atoms with Crippen molar-refractivity contribution in [3.63, 3.8) is 0 Å². The quantitative estimate of drug-likeness (QED) is 0.933. The molecule has 0 radical (unpaired) electrons. The molecule has 0 saturated heterocycles. The molecule has 1 aliphatic rings. The van der Waals surface area contributed by atoms with Crippen LogP contribution in [0.5, 0.6) is 11.5 Å². The Morgan fingerprint density at radius 1 is 1.14 bits per heavy atom. The Morgan fingerprint density at radius 3 is 2.67 bits per heavy atom. The third-order valence-electron chi connectivity index (χ3n) is 3.57. The standard InChI is InChI=1S/C17H17NO3/c1-2-14(12-6-4-3-5-7-12)17(19)18-13-8-9-15-16(10-13)21-11-20-15/h3-10,14H,2,11H2,1H3,(H,18,19)/t14-/m0/s1. The second-order valence-corrected chi connectivity index (χ2v) is 4.93. The van der Waals surface area contributed by atoms with Crippen LogP contribution < -0.4 is 14.8 Å². The van der Waals surface area contributed by atoms with E-state index in [1.807, 2.05) is 43.3 Å². The highest BCUT2D eigenvalue weighted by atomic mass is 16.7. The Labute approximate surface area is 123 Å². The molecule has 1 aliphatic heterocycles. The molecule has 4 nitrogen and oxygen atoms in total. The zero-order chi connectivity index (χ0) is 14.7. The fraction of sp³-hybridized carbons (Fsp3) is 0.235. The second-order valence-electron chi connectivity index (χ2n) is 4.93. The molecule has 0 fully saturated rings. The molecule has 0 aliphatic carbocycles. The van der Waals surface area contributed by atoms with Crippen molar-refractivity contribution in [3.8, 4) is 11.5 Å². The Bertz CT molecular complexity index is 640. The molecule has 0 aromatic heterocycles. The van der Waals surface area contributed by atoms with Crippen LogP contribution >= 0.6 is 0 Å². The number of rotatable bonds is 4. The van der Waals surface area contributed by atoms with Crippen molar-refractivity contribution in [3.05, 3.63) is 54.1 Å². The number of amides is 1. The minimum Gasteiger partial charge on any atom is -0.454 e. The maximum absolute atomic E-state index is 12.5. The summed E-state index contributed by atoms with van der Waals surface area (Å²) in [6.45, 7) is 2.24. The van der Waals surface area contributed by atoms with Gasteiger partial charge >= 0.3 is 0 Å². The van der Waals surface area contributed by atoms with Gasteiger partial charge in [-0.25, -0.2) is 0 Å². The number of nitrogens with one attached hydrogen (secondary N) is 1. The molecule has 1 heterocycles. The lowest BCUT2D eigenvalue weighted by molar-refractivity contribution is -0.117. The van der Waals surface area contributed by atoms with Gasteiger partial charge in [0.1, 0.15) is 0 Å². The first-order chi connectivity index (χ1) is 10.3. The number of anilines is 1. The third-order valence-corrected chi connectivity index (χ3v) is 3.57. The zero-order valence-electron chi connectivity index (χ0n) is 11.8. The summed E-state index contributed by atoms with van der Waals surface area (Å²) in [6, 6.07) is 15.2. The normalized spacial score (nSPS) is 13.8. The number of benzene rings is 2. The van der Waals surface area contributed by atoms with Crippen LogP contribution in [0.25, 0.3) is 0 Å². The average Bonchev–Trinajstić information content (AvgIpc) is 2.96. The maximum atomic E-state index is 12.5. The molecule has 2 aromatic rings. The van der Waals surface area contributed by atoms with E-state index >= 15 is 0 Å². The van der Waals surface area contributed by atoms with Gasteiger partial charge in [0.25, 0.3) is 0 Å². The molecule has 108 valence electrons. The van der Waals surface area contributed by atoms with Crippen LogP contribution in [0, 0.1) is 0 Å². The van der Waals surface area contributed by atoms with Gasteiger partial charge in [0.15, 0.2) is 11.5 Å². The lowest BCUT2D eigenvalue weighted by Gasteiger charge is -2.15. The van der Waals surface area contributed by atoms with Crippen LogP contribution in [0.4, 0.5) is 5.69 Å². The summed E-state index contributed by atoms with van der Waals surface area (Å²) in [5.74, 6) is 1.21. The molecule has 21 heavy (non-hydrogen) atoms. The lowest BCUT2D eigenvalue weighted by atomic mass is 9.95.